The monoisotopic (exact) mass is 130 g/mol. The van der Waals surface area contributed by atoms with Gasteiger partial charge in [-0.3, -0.25) is 4.79 Å². The summed E-state index contributed by atoms with van der Waals surface area (Å²) >= 11 is 0. The van der Waals surface area contributed by atoms with E-state index >= 15 is 0 Å². The highest BCUT2D eigenvalue weighted by molar-refractivity contribution is 5.78. The molecule has 0 heterocycles. The minimum absolute atomic E-state index is 0.281. The molecule has 0 aromatic carbocycles. The second-order valence-electron chi connectivity index (χ2n) is 1.84. The fraction of sp³-hybridized carbons (Fsp3) is 0.857. The molecule has 54 valence electrons. The Bertz CT molecular complexity index is 79.0. The summed E-state index contributed by atoms with van der Waals surface area (Å²) in [7, 11) is 0. The van der Waals surface area contributed by atoms with Crippen LogP contribution in [0.5, 0.6) is 0 Å². The standard InChI is InChI=1S/C7H14O2/c1-3-7(8)5-6-9-4-2/h3-6H2,1-2H3. The van der Waals surface area contributed by atoms with Crippen LogP contribution in [0.3, 0.4) is 0 Å². The van der Waals surface area contributed by atoms with E-state index in [4.69, 9.17) is 4.74 Å². The van der Waals surface area contributed by atoms with Crippen molar-refractivity contribution in [3.8, 4) is 0 Å². The first-order chi connectivity index (χ1) is 4.31. The Morgan fingerprint density at radius 2 is 2.11 bits per heavy atom. The van der Waals surface area contributed by atoms with Crippen molar-refractivity contribution < 1.29 is 9.53 Å². The Kier molecular flexibility index (Phi) is 5.52. The van der Waals surface area contributed by atoms with Crippen LogP contribution in [0, 0.1) is 0 Å². The number of rotatable bonds is 5. The number of hydrogen-bond donors (Lipinski definition) is 0. The van der Waals surface area contributed by atoms with Crippen molar-refractivity contribution >= 4 is 5.78 Å². The molecule has 0 N–H and O–H groups in total. The predicted octanol–water partition coefficient (Wildman–Crippen LogP) is 1.39. The van der Waals surface area contributed by atoms with E-state index < -0.39 is 0 Å². The number of carbonyl (C=O) groups is 1. The number of hydrogen-bond acceptors (Lipinski definition) is 2. The van der Waals surface area contributed by atoms with E-state index in [0.29, 0.717) is 26.1 Å². The van der Waals surface area contributed by atoms with E-state index in [1.807, 2.05) is 13.8 Å². The van der Waals surface area contributed by atoms with Gasteiger partial charge in [0.05, 0.1) is 6.61 Å². The van der Waals surface area contributed by atoms with E-state index in [0.717, 1.165) is 0 Å². The van der Waals surface area contributed by atoms with Gasteiger partial charge in [0.2, 0.25) is 0 Å². The van der Waals surface area contributed by atoms with Gasteiger partial charge in [0.15, 0.2) is 0 Å². The lowest BCUT2D eigenvalue weighted by atomic mass is 10.2. The van der Waals surface area contributed by atoms with Crippen molar-refractivity contribution in [2.45, 2.75) is 26.7 Å². The third-order valence-electron chi connectivity index (χ3n) is 1.12. The molecule has 0 aliphatic rings. The lowest BCUT2D eigenvalue weighted by Crippen LogP contribution is -2.01. The van der Waals surface area contributed by atoms with Gasteiger partial charge in [0, 0.05) is 19.4 Å². The Balaban J connectivity index is 2.97. The molecule has 0 atom stereocenters. The second-order valence-corrected chi connectivity index (χ2v) is 1.84. The molecule has 0 amide bonds. The molecule has 0 aromatic rings. The lowest BCUT2D eigenvalue weighted by molar-refractivity contribution is -0.119. The normalized spacial score (nSPS) is 9.56. The number of Topliss-reactive ketones (excluding diaryl/α,β-unsaturated/α-hetero) is 1. The van der Waals surface area contributed by atoms with Crippen LogP contribution in [0.4, 0.5) is 0 Å². The summed E-state index contributed by atoms with van der Waals surface area (Å²) in [5, 5.41) is 0. The summed E-state index contributed by atoms with van der Waals surface area (Å²) in [6.07, 6.45) is 1.21. The molecule has 9 heavy (non-hydrogen) atoms. The Hall–Kier alpha value is -0.370. The largest absolute Gasteiger partial charge is 0.381 e. The summed E-state index contributed by atoms with van der Waals surface area (Å²) in [6, 6.07) is 0. The molecule has 0 rings (SSSR count). The van der Waals surface area contributed by atoms with Crippen LogP contribution in [-0.4, -0.2) is 19.0 Å². The maximum atomic E-state index is 10.6. The van der Waals surface area contributed by atoms with Crippen LogP contribution < -0.4 is 0 Å². The first-order valence-corrected chi connectivity index (χ1v) is 3.40. The molecule has 0 spiro atoms. The quantitative estimate of drug-likeness (QED) is 0.526. The summed E-state index contributed by atoms with van der Waals surface area (Å²) in [5.74, 6) is 0.281. The van der Waals surface area contributed by atoms with Gasteiger partial charge in [-0.05, 0) is 6.92 Å². The first kappa shape index (κ1) is 8.63. The zero-order chi connectivity index (χ0) is 7.11. The topological polar surface area (TPSA) is 26.3 Å². The smallest absolute Gasteiger partial charge is 0.134 e. The molecule has 0 radical (unpaired) electrons. The SMILES string of the molecule is CCOCCC(=O)CC. The summed E-state index contributed by atoms with van der Waals surface area (Å²) in [4.78, 5) is 10.6. The van der Waals surface area contributed by atoms with Crippen LogP contribution in [0.25, 0.3) is 0 Å². The highest BCUT2D eigenvalue weighted by Crippen LogP contribution is 1.88. The van der Waals surface area contributed by atoms with E-state index in [9.17, 15) is 4.79 Å². The molecule has 0 unspecified atom stereocenters. The first-order valence-electron chi connectivity index (χ1n) is 3.40. The van der Waals surface area contributed by atoms with Crippen LogP contribution >= 0.6 is 0 Å². The van der Waals surface area contributed by atoms with E-state index in [2.05, 4.69) is 0 Å². The van der Waals surface area contributed by atoms with Crippen molar-refractivity contribution in [1.29, 1.82) is 0 Å². The zero-order valence-electron chi connectivity index (χ0n) is 6.14. The Labute approximate surface area is 56.2 Å². The molecule has 0 bridgehead atoms. The highest BCUT2D eigenvalue weighted by Gasteiger charge is 1.95. The minimum atomic E-state index is 0.281. The average molecular weight is 130 g/mol. The Morgan fingerprint density at radius 3 is 2.56 bits per heavy atom. The van der Waals surface area contributed by atoms with Gasteiger partial charge in [0.25, 0.3) is 0 Å². The molecular formula is C7H14O2. The fourth-order valence-corrected chi connectivity index (χ4v) is 0.507. The molecule has 0 saturated heterocycles. The number of carbonyl (C=O) groups excluding carboxylic acids is 1. The lowest BCUT2D eigenvalue weighted by Gasteiger charge is -1.96. The number of ketones is 1. The summed E-state index contributed by atoms with van der Waals surface area (Å²) in [5.41, 5.74) is 0. The average Bonchev–Trinajstić information content (AvgIpc) is 1.89. The molecule has 0 aliphatic carbocycles. The molecule has 0 aliphatic heterocycles. The van der Waals surface area contributed by atoms with E-state index in [-0.39, 0.29) is 5.78 Å². The van der Waals surface area contributed by atoms with Crippen molar-refractivity contribution in [3.63, 3.8) is 0 Å². The van der Waals surface area contributed by atoms with Crippen molar-refractivity contribution in [2.75, 3.05) is 13.2 Å². The third-order valence-corrected chi connectivity index (χ3v) is 1.12. The van der Waals surface area contributed by atoms with Gasteiger partial charge in [0.1, 0.15) is 5.78 Å². The van der Waals surface area contributed by atoms with E-state index in [1.54, 1.807) is 0 Å². The number of ether oxygens (including phenoxy) is 1. The van der Waals surface area contributed by atoms with Gasteiger partial charge in [-0.15, -0.1) is 0 Å². The molecule has 0 fully saturated rings. The van der Waals surface area contributed by atoms with Crippen LogP contribution in [0.15, 0.2) is 0 Å². The highest BCUT2D eigenvalue weighted by atomic mass is 16.5. The van der Waals surface area contributed by atoms with Crippen molar-refractivity contribution in [3.05, 3.63) is 0 Å². The maximum absolute atomic E-state index is 10.6. The van der Waals surface area contributed by atoms with Crippen molar-refractivity contribution in [1.82, 2.24) is 0 Å². The minimum Gasteiger partial charge on any atom is -0.381 e. The molecule has 2 nitrogen and oxygen atoms in total. The molecule has 0 aromatic heterocycles. The van der Waals surface area contributed by atoms with Crippen LogP contribution in [-0.2, 0) is 9.53 Å². The summed E-state index contributed by atoms with van der Waals surface area (Å²) in [6.45, 7) is 5.09. The van der Waals surface area contributed by atoms with Crippen molar-refractivity contribution in [2.24, 2.45) is 0 Å². The Morgan fingerprint density at radius 1 is 1.44 bits per heavy atom. The van der Waals surface area contributed by atoms with Gasteiger partial charge in [-0.25, -0.2) is 0 Å². The maximum Gasteiger partial charge on any atom is 0.134 e. The van der Waals surface area contributed by atoms with Gasteiger partial charge in [-0.2, -0.15) is 0 Å². The van der Waals surface area contributed by atoms with Crippen LogP contribution in [0.2, 0.25) is 0 Å². The van der Waals surface area contributed by atoms with Gasteiger partial charge in [-0.1, -0.05) is 6.92 Å². The predicted molar refractivity (Wildman–Crippen MR) is 36.4 cm³/mol. The fourth-order valence-electron chi connectivity index (χ4n) is 0.507. The third kappa shape index (κ3) is 5.50. The molecule has 2 heteroatoms. The molecular weight excluding hydrogens is 116 g/mol. The van der Waals surface area contributed by atoms with Crippen LogP contribution in [0.1, 0.15) is 26.7 Å². The zero-order valence-corrected chi connectivity index (χ0v) is 6.14. The summed E-state index contributed by atoms with van der Waals surface area (Å²) < 4.78 is 4.99. The molecule has 0 saturated carbocycles. The second kappa shape index (κ2) is 5.76. The van der Waals surface area contributed by atoms with E-state index in [1.165, 1.54) is 0 Å². The van der Waals surface area contributed by atoms with Gasteiger partial charge >= 0.3 is 0 Å². The van der Waals surface area contributed by atoms with Gasteiger partial charge < -0.3 is 4.74 Å².